The van der Waals surface area contributed by atoms with E-state index in [2.05, 4.69) is 4.72 Å². The normalized spacial score (nSPS) is 11.3. The molecule has 8 heteroatoms. The Labute approximate surface area is 137 Å². The number of aromatic carboxylic acids is 2. The molecular weight excluding hydrogens is 334 g/mol. The molecule has 0 amide bonds. The number of carboxylic acid groups (broad SMARTS) is 2. The summed E-state index contributed by atoms with van der Waals surface area (Å²) in [5.74, 6) is -2.73. The summed E-state index contributed by atoms with van der Waals surface area (Å²) in [5, 5.41) is 18.9. The third kappa shape index (κ3) is 4.68. The van der Waals surface area contributed by atoms with E-state index in [4.69, 9.17) is 10.2 Å². The molecule has 0 fully saturated rings. The summed E-state index contributed by atoms with van der Waals surface area (Å²) >= 11 is 0. The van der Waals surface area contributed by atoms with Crippen molar-refractivity contribution in [2.45, 2.75) is 0 Å². The van der Waals surface area contributed by atoms with E-state index in [1.807, 2.05) is 0 Å². The first kappa shape index (κ1) is 17.2. The first-order chi connectivity index (χ1) is 11.3. The maximum Gasteiger partial charge on any atom is 0.335 e. The molecule has 0 aromatic heterocycles. The van der Waals surface area contributed by atoms with Crippen LogP contribution in [0.3, 0.4) is 0 Å². The number of hydrogen-bond donors (Lipinski definition) is 3. The Morgan fingerprint density at radius 2 is 1.46 bits per heavy atom. The molecule has 0 heterocycles. The lowest BCUT2D eigenvalue weighted by molar-refractivity contribution is 0.0696. The molecular formula is C16H13NO6S. The van der Waals surface area contributed by atoms with Crippen LogP contribution >= 0.6 is 0 Å². The van der Waals surface area contributed by atoms with Gasteiger partial charge in [-0.1, -0.05) is 30.3 Å². The molecule has 0 atom stereocenters. The van der Waals surface area contributed by atoms with Gasteiger partial charge in [0.05, 0.1) is 22.2 Å². The molecule has 2 rings (SSSR count). The second kappa shape index (κ2) is 6.97. The minimum absolute atomic E-state index is 0.148. The van der Waals surface area contributed by atoms with Crippen molar-refractivity contribution in [2.24, 2.45) is 0 Å². The smallest absolute Gasteiger partial charge is 0.335 e. The van der Waals surface area contributed by atoms with Crippen molar-refractivity contribution < 1.29 is 28.2 Å². The highest BCUT2D eigenvalue weighted by atomic mass is 32.2. The number of hydrogen-bond acceptors (Lipinski definition) is 4. The number of sulfonamides is 1. The van der Waals surface area contributed by atoms with Crippen LogP contribution in [-0.4, -0.2) is 30.6 Å². The quantitative estimate of drug-likeness (QED) is 0.738. The van der Waals surface area contributed by atoms with Crippen molar-refractivity contribution in [3.05, 3.63) is 70.6 Å². The van der Waals surface area contributed by atoms with Gasteiger partial charge >= 0.3 is 11.9 Å². The van der Waals surface area contributed by atoms with Crippen LogP contribution in [0.1, 0.15) is 26.3 Å². The lowest BCUT2D eigenvalue weighted by Crippen LogP contribution is -2.11. The summed E-state index contributed by atoms with van der Waals surface area (Å²) in [6, 6.07) is 11.7. The topological polar surface area (TPSA) is 121 Å². The van der Waals surface area contributed by atoms with Crippen LogP contribution in [0.25, 0.3) is 6.08 Å². The Balaban J connectivity index is 2.30. The van der Waals surface area contributed by atoms with Crippen LogP contribution in [-0.2, 0) is 10.0 Å². The first-order valence-electron chi connectivity index (χ1n) is 6.64. The largest absolute Gasteiger partial charge is 0.478 e. The van der Waals surface area contributed by atoms with Gasteiger partial charge < -0.3 is 10.2 Å². The first-order valence-corrected chi connectivity index (χ1v) is 8.19. The standard InChI is InChI=1S/C16H13NO6S/c18-15(19)12-8-13(16(20)21)10-14(9-12)17-24(22,23)7-6-11-4-2-1-3-5-11/h1-10,17H,(H,18,19)(H,20,21)/b7-6+. The van der Waals surface area contributed by atoms with Crippen LogP contribution in [0.2, 0.25) is 0 Å². The zero-order valence-electron chi connectivity index (χ0n) is 12.2. The summed E-state index contributed by atoms with van der Waals surface area (Å²) in [7, 11) is -3.93. The van der Waals surface area contributed by atoms with Crippen LogP contribution in [0.4, 0.5) is 5.69 Å². The summed E-state index contributed by atoms with van der Waals surface area (Å²) in [6.45, 7) is 0. The zero-order valence-corrected chi connectivity index (χ0v) is 13.0. The van der Waals surface area contributed by atoms with Crippen molar-refractivity contribution in [1.82, 2.24) is 0 Å². The third-order valence-electron chi connectivity index (χ3n) is 2.93. The van der Waals surface area contributed by atoms with Crippen LogP contribution in [0.5, 0.6) is 0 Å². The van der Waals surface area contributed by atoms with E-state index in [0.717, 1.165) is 23.6 Å². The van der Waals surface area contributed by atoms with E-state index in [1.165, 1.54) is 6.08 Å². The maximum atomic E-state index is 12.0. The maximum absolute atomic E-state index is 12.0. The molecule has 0 saturated carbocycles. The second-order valence-corrected chi connectivity index (χ2v) is 6.34. The van der Waals surface area contributed by atoms with Gasteiger partial charge in [-0.25, -0.2) is 18.0 Å². The molecule has 0 aliphatic rings. The highest BCUT2D eigenvalue weighted by molar-refractivity contribution is 7.95. The molecule has 124 valence electrons. The third-order valence-corrected chi connectivity index (χ3v) is 3.94. The average Bonchev–Trinajstić information content (AvgIpc) is 2.53. The number of nitrogens with one attached hydrogen (secondary N) is 1. The number of carboxylic acids is 2. The van der Waals surface area contributed by atoms with Crippen molar-refractivity contribution in [3.63, 3.8) is 0 Å². The molecule has 0 bridgehead atoms. The molecule has 7 nitrogen and oxygen atoms in total. The van der Waals surface area contributed by atoms with E-state index < -0.39 is 22.0 Å². The second-order valence-electron chi connectivity index (χ2n) is 4.77. The van der Waals surface area contributed by atoms with Gasteiger partial charge in [0.25, 0.3) is 10.0 Å². The summed E-state index contributed by atoms with van der Waals surface area (Å²) in [6.07, 6.45) is 1.36. The molecule has 2 aromatic carbocycles. The minimum atomic E-state index is -3.93. The van der Waals surface area contributed by atoms with Gasteiger partial charge in [0, 0.05) is 0 Å². The Morgan fingerprint density at radius 3 is 1.96 bits per heavy atom. The monoisotopic (exact) mass is 347 g/mol. The van der Waals surface area contributed by atoms with Crippen molar-refractivity contribution >= 4 is 33.7 Å². The molecule has 2 aromatic rings. The number of anilines is 1. The lowest BCUT2D eigenvalue weighted by atomic mass is 10.1. The molecule has 24 heavy (non-hydrogen) atoms. The predicted molar refractivity (Wildman–Crippen MR) is 88.4 cm³/mol. The highest BCUT2D eigenvalue weighted by Crippen LogP contribution is 2.17. The fraction of sp³-hybridized carbons (Fsp3) is 0. The molecule has 0 aliphatic carbocycles. The van der Waals surface area contributed by atoms with Gasteiger partial charge in [-0.2, -0.15) is 0 Å². The van der Waals surface area contributed by atoms with Crippen molar-refractivity contribution in [1.29, 1.82) is 0 Å². The Bertz CT molecular complexity index is 871. The molecule has 0 radical (unpaired) electrons. The zero-order chi connectivity index (χ0) is 17.7. The lowest BCUT2D eigenvalue weighted by Gasteiger charge is -2.07. The number of carbonyl (C=O) groups is 2. The molecule has 0 aliphatic heterocycles. The number of rotatable bonds is 6. The van der Waals surface area contributed by atoms with Crippen LogP contribution in [0.15, 0.2) is 53.9 Å². The summed E-state index contributed by atoms with van der Waals surface area (Å²) in [5.41, 5.74) is -0.155. The summed E-state index contributed by atoms with van der Waals surface area (Å²) in [4.78, 5) is 22.0. The fourth-order valence-corrected chi connectivity index (χ4v) is 2.71. The van der Waals surface area contributed by atoms with Gasteiger partial charge in [-0.05, 0) is 29.8 Å². The average molecular weight is 347 g/mol. The Morgan fingerprint density at radius 1 is 0.917 bits per heavy atom. The number of benzene rings is 2. The fourth-order valence-electron chi connectivity index (χ4n) is 1.86. The Kier molecular flexibility index (Phi) is 5.00. The van der Waals surface area contributed by atoms with Crippen molar-refractivity contribution in [2.75, 3.05) is 4.72 Å². The predicted octanol–water partition coefficient (Wildman–Crippen LogP) is 2.50. The van der Waals surface area contributed by atoms with Crippen LogP contribution in [0, 0.1) is 0 Å². The summed E-state index contributed by atoms with van der Waals surface area (Å²) < 4.78 is 26.2. The van der Waals surface area contributed by atoms with Gasteiger partial charge in [0.15, 0.2) is 0 Å². The SMILES string of the molecule is O=C(O)c1cc(NS(=O)(=O)/C=C/c2ccccc2)cc(C(=O)O)c1. The molecule has 0 spiro atoms. The van der Waals surface area contributed by atoms with Gasteiger partial charge in [-0.15, -0.1) is 0 Å². The molecule has 3 N–H and O–H groups in total. The molecule has 0 saturated heterocycles. The van der Waals surface area contributed by atoms with E-state index in [9.17, 15) is 18.0 Å². The van der Waals surface area contributed by atoms with E-state index in [0.29, 0.717) is 5.56 Å². The van der Waals surface area contributed by atoms with Gasteiger partial charge in [-0.3, -0.25) is 4.72 Å². The highest BCUT2D eigenvalue weighted by Gasteiger charge is 2.14. The Hall–Kier alpha value is -3.13. The van der Waals surface area contributed by atoms with E-state index >= 15 is 0 Å². The van der Waals surface area contributed by atoms with Gasteiger partial charge in [0.1, 0.15) is 0 Å². The van der Waals surface area contributed by atoms with E-state index in [-0.39, 0.29) is 16.8 Å². The molecule has 0 unspecified atom stereocenters. The van der Waals surface area contributed by atoms with E-state index in [1.54, 1.807) is 30.3 Å². The minimum Gasteiger partial charge on any atom is -0.478 e. The van der Waals surface area contributed by atoms with Crippen LogP contribution < -0.4 is 4.72 Å². The van der Waals surface area contributed by atoms with Gasteiger partial charge in [0.2, 0.25) is 0 Å². The van der Waals surface area contributed by atoms with Crippen molar-refractivity contribution in [3.8, 4) is 0 Å².